The molecule has 0 aromatic heterocycles. The maximum Gasteiger partial charge on any atom is 0.407 e. The molecule has 2 rings (SSSR count). The van der Waals surface area contributed by atoms with E-state index in [1.165, 1.54) is 12.1 Å². The van der Waals surface area contributed by atoms with Crippen molar-refractivity contribution in [3.8, 4) is 5.75 Å². The van der Waals surface area contributed by atoms with Crippen LogP contribution in [0.25, 0.3) is 0 Å². The van der Waals surface area contributed by atoms with Crippen molar-refractivity contribution in [2.45, 2.75) is 45.8 Å². The number of hydrogen-bond acceptors (Lipinski definition) is 4. The van der Waals surface area contributed by atoms with Gasteiger partial charge in [-0.1, -0.05) is 18.2 Å². The van der Waals surface area contributed by atoms with Gasteiger partial charge in [0, 0.05) is 24.7 Å². The van der Waals surface area contributed by atoms with E-state index in [2.05, 4.69) is 10.6 Å². The van der Waals surface area contributed by atoms with Gasteiger partial charge in [0.25, 0.3) is 0 Å². The van der Waals surface area contributed by atoms with Crippen LogP contribution in [-0.2, 0) is 16.1 Å². The van der Waals surface area contributed by atoms with E-state index in [4.69, 9.17) is 9.47 Å². The van der Waals surface area contributed by atoms with Crippen LogP contribution in [0.3, 0.4) is 0 Å². The summed E-state index contributed by atoms with van der Waals surface area (Å²) in [5.41, 5.74) is 0.944. The first-order chi connectivity index (χ1) is 13.7. The number of ether oxygens (including phenoxy) is 2. The van der Waals surface area contributed by atoms with Gasteiger partial charge in [-0.05, 0) is 57.0 Å². The predicted octanol–water partition coefficient (Wildman–Crippen LogP) is 4.65. The molecule has 0 spiro atoms. The molecule has 29 heavy (non-hydrogen) atoms. The molecule has 0 fully saturated rings. The van der Waals surface area contributed by atoms with E-state index in [0.29, 0.717) is 24.4 Å². The Hall–Kier alpha value is -3.09. The number of amides is 2. The molecule has 0 unspecified atom stereocenters. The van der Waals surface area contributed by atoms with Crippen LogP contribution in [0.2, 0.25) is 0 Å². The molecular weight excluding hydrogens is 375 g/mol. The number of hydrogen-bond donors (Lipinski definition) is 2. The summed E-state index contributed by atoms with van der Waals surface area (Å²) in [6.45, 7) is 5.97. The highest BCUT2D eigenvalue weighted by atomic mass is 19.1. The van der Waals surface area contributed by atoms with E-state index in [9.17, 15) is 14.0 Å². The summed E-state index contributed by atoms with van der Waals surface area (Å²) < 4.78 is 23.9. The Morgan fingerprint density at radius 1 is 1.07 bits per heavy atom. The Morgan fingerprint density at radius 2 is 1.83 bits per heavy atom. The van der Waals surface area contributed by atoms with Crippen molar-refractivity contribution in [3.05, 3.63) is 59.9 Å². The van der Waals surface area contributed by atoms with Crippen molar-refractivity contribution in [1.29, 1.82) is 0 Å². The Labute approximate surface area is 170 Å². The summed E-state index contributed by atoms with van der Waals surface area (Å²) in [4.78, 5) is 23.6. The van der Waals surface area contributed by atoms with E-state index < -0.39 is 11.7 Å². The third-order valence-corrected chi connectivity index (χ3v) is 3.66. The zero-order chi connectivity index (χ0) is 21.3. The molecule has 6 nitrogen and oxygen atoms in total. The maximum atomic E-state index is 13.2. The van der Waals surface area contributed by atoms with Gasteiger partial charge in [0.2, 0.25) is 5.91 Å². The molecule has 0 heterocycles. The topological polar surface area (TPSA) is 76.7 Å². The molecule has 0 bridgehead atoms. The molecule has 2 aromatic carbocycles. The first kappa shape index (κ1) is 22.2. The Bertz CT molecular complexity index is 834. The first-order valence-electron chi connectivity index (χ1n) is 9.45. The molecule has 0 radical (unpaired) electrons. The van der Waals surface area contributed by atoms with Gasteiger partial charge in [-0.2, -0.15) is 0 Å². The fraction of sp³-hybridized carbons (Fsp3) is 0.364. The van der Waals surface area contributed by atoms with Gasteiger partial charge >= 0.3 is 6.09 Å². The molecular formula is C22H27FN2O4. The van der Waals surface area contributed by atoms with Crippen molar-refractivity contribution >= 4 is 17.7 Å². The average Bonchev–Trinajstić information content (AvgIpc) is 2.63. The number of alkyl carbamates (subject to hydrolysis) is 1. The molecule has 0 atom stereocenters. The lowest BCUT2D eigenvalue weighted by molar-refractivity contribution is -0.116. The number of anilines is 1. The molecule has 0 aliphatic heterocycles. The highest BCUT2D eigenvalue weighted by molar-refractivity contribution is 5.90. The summed E-state index contributed by atoms with van der Waals surface area (Å²) >= 11 is 0. The van der Waals surface area contributed by atoms with E-state index in [1.807, 2.05) is 12.1 Å². The lowest BCUT2D eigenvalue weighted by Gasteiger charge is -2.19. The number of carbonyl (C=O) groups is 2. The lowest BCUT2D eigenvalue weighted by atomic mass is 10.2. The fourth-order valence-corrected chi connectivity index (χ4v) is 2.44. The van der Waals surface area contributed by atoms with Crippen LogP contribution in [0.1, 0.15) is 39.2 Å². The summed E-state index contributed by atoms with van der Waals surface area (Å²) in [5, 5.41) is 5.44. The van der Waals surface area contributed by atoms with Crippen LogP contribution in [0.4, 0.5) is 14.9 Å². The minimum Gasteiger partial charge on any atom is -0.489 e. The lowest BCUT2D eigenvalue weighted by Crippen LogP contribution is -2.33. The molecule has 0 aliphatic rings. The summed E-state index contributed by atoms with van der Waals surface area (Å²) in [6, 6.07) is 13.2. The fourth-order valence-electron chi connectivity index (χ4n) is 2.44. The van der Waals surface area contributed by atoms with E-state index in [0.717, 1.165) is 5.56 Å². The van der Waals surface area contributed by atoms with Gasteiger partial charge in [-0.3, -0.25) is 4.79 Å². The van der Waals surface area contributed by atoms with Crippen LogP contribution < -0.4 is 15.4 Å². The molecule has 2 amide bonds. The molecule has 156 valence electrons. The average molecular weight is 402 g/mol. The van der Waals surface area contributed by atoms with Crippen molar-refractivity contribution < 1.29 is 23.5 Å². The normalized spacial score (nSPS) is 10.9. The van der Waals surface area contributed by atoms with Crippen molar-refractivity contribution in [3.63, 3.8) is 0 Å². The van der Waals surface area contributed by atoms with Crippen LogP contribution in [0, 0.1) is 5.82 Å². The molecule has 2 N–H and O–H groups in total. The third kappa shape index (κ3) is 9.10. The third-order valence-electron chi connectivity index (χ3n) is 3.66. The van der Waals surface area contributed by atoms with Crippen molar-refractivity contribution in [2.24, 2.45) is 0 Å². The van der Waals surface area contributed by atoms with Crippen LogP contribution in [0.15, 0.2) is 48.5 Å². The van der Waals surface area contributed by atoms with Gasteiger partial charge in [0.1, 0.15) is 23.8 Å². The van der Waals surface area contributed by atoms with Gasteiger partial charge in [0.05, 0.1) is 0 Å². The van der Waals surface area contributed by atoms with E-state index >= 15 is 0 Å². The largest absolute Gasteiger partial charge is 0.489 e. The number of carbonyl (C=O) groups excluding carboxylic acids is 2. The second-order valence-electron chi connectivity index (χ2n) is 7.53. The maximum absolute atomic E-state index is 13.2. The first-order valence-corrected chi connectivity index (χ1v) is 9.45. The van der Waals surface area contributed by atoms with E-state index in [-0.39, 0.29) is 24.8 Å². The molecule has 2 aromatic rings. The summed E-state index contributed by atoms with van der Waals surface area (Å²) in [5.74, 6) is -0.0687. The minimum absolute atomic E-state index is 0.154. The molecule has 0 saturated carbocycles. The molecule has 7 heteroatoms. The van der Waals surface area contributed by atoms with Crippen LogP contribution >= 0.6 is 0 Å². The smallest absolute Gasteiger partial charge is 0.407 e. The van der Waals surface area contributed by atoms with Crippen LogP contribution in [0.5, 0.6) is 5.75 Å². The van der Waals surface area contributed by atoms with E-state index in [1.54, 1.807) is 45.0 Å². The zero-order valence-electron chi connectivity index (χ0n) is 17.0. The second-order valence-corrected chi connectivity index (χ2v) is 7.53. The Morgan fingerprint density at radius 3 is 2.55 bits per heavy atom. The highest BCUT2D eigenvalue weighted by Gasteiger charge is 2.15. The monoisotopic (exact) mass is 402 g/mol. The second kappa shape index (κ2) is 10.5. The van der Waals surface area contributed by atoms with Gasteiger partial charge in [-0.15, -0.1) is 0 Å². The van der Waals surface area contributed by atoms with Crippen LogP contribution in [-0.4, -0.2) is 24.1 Å². The molecule has 0 saturated heterocycles. The standard InChI is InChI=1S/C22H27FN2O4/c1-22(2,3)29-21(27)24-12-6-11-20(26)25-18-9-4-7-16(13-18)15-28-19-10-5-8-17(23)14-19/h4-5,7-10,13-14H,6,11-12,15H2,1-3H3,(H,24,27)(H,25,26). The molecule has 0 aliphatic carbocycles. The number of halogens is 1. The Balaban J connectivity index is 1.73. The SMILES string of the molecule is CC(C)(C)OC(=O)NCCCC(=O)Nc1cccc(COc2cccc(F)c2)c1. The number of benzene rings is 2. The quantitative estimate of drug-likeness (QED) is 0.630. The zero-order valence-corrected chi connectivity index (χ0v) is 17.0. The number of rotatable bonds is 8. The highest BCUT2D eigenvalue weighted by Crippen LogP contribution is 2.16. The van der Waals surface area contributed by atoms with Gasteiger partial charge in [0.15, 0.2) is 0 Å². The summed E-state index contributed by atoms with van der Waals surface area (Å²) in [7, 11) is 0. The van der Waals surface area contributed by atoms with Crippen molar-refractivity contribution in [2.75, 3.05) is 11.9 Å². The summed E-state index contributed by atoms with van der Waals surface area (Å²) in [6.07, 6.45) is 0.261. The minimum atomic E-state index is -0.551. The number of nitrogens with one attached hydrogen (secondary N) is 2. The Kier molecular flexibility index (Phi) is 8.00. The van der Waals surface area contributed by atoms with Gasteiger partial charge in [-0.25, -0.2) is 9.18 Å². The van der Waals surface area contributed by atoms with Gasteiger partial charge < -0.3 is 20.1 Å². The predicted molar refractivity (Wildman–Crippen MR) is 109 cm³/mol. The van der Waals surface area contributed by atoms with Crippen molar-refractivity contribution in [1.82, 2.24) is 5.32 Å².